The summed E-state index contributed by atoms with van der Waals surface area (Å²) in [5.74, 6) is 1.11. The molecule has 2 aromatic heterocycles. The Hall–Kier alpha value is -2.18. The minimum atomic E-state index is -0.445. The van der Waals surface area contributed by atoms with Crippen molar-refractivity contribution < 1.29 is 4.52 Å². The lowest BCUT2D eigenvalue weighted by Crippen LogP contribution is -2.34. The first kappa shape index (κ1) is 17.6. The quantitative estimate of drug-likeness (QED) is 0.771. The third-order valence-electron chi connectivity index (χ3n) is 4.87. The van der Waals surface area contributed by atoms with E-state index in [1.807, 2.05) is 48.9 Å². The van der Waals surface area contributed by atoms with Crippen molar-refractivity contribution in [2.45, 2.75) is 45.1 Å². The molecule has 132 valence electrons. The molecule has 1 aromatic carbocycles. The zero-order valence-electron chi connectivity index (χ0n) is 14.4. The Morgan fingerprint density at radius 3 is 2.48 bits per heavy atom. The Morgan fingerprint density at radius 1 is 1.12 bits per heavy atom. The zero-order valence-corrected chi connectivity index (χ0v) is 15.2. The molecule has 2 heterocycles. The molecule has 1 saturated carbocycles. The van der Waals surface area contributed by atoms with Crippen LogP contribution >= 0.6 is 12.4 Å². The number of hydrogen-bond acceptors (Lipinski definition) is 5. The fraction of sp³-hybridized carbons (Fsp3) is 0.389. The van der Waals surface area contributed by atoms with E-state index >= 15 is 0 Å². The highest BCUT2D eigenvalue weighted by molar-refractivity contribution is 5.85. The monoisotopic (exact) mass is 359 g/mol. The number of aromatic nitrogens is 4. The molecule has 1 aliphatic carbocycles. The highest BCUT2D eigenvalue weighted by Gasteiger charge is 2.36. The van der Waals surface area contributed by atoms with Crippen molar-refractivity contribution in [2.24, 2.45) is 5.73 Å². The van der Waals surface area contributed by atoms with Gasteiger partial charge in [-0.1, -0.05) is 36.2 Å². The van der Waals surface area contributed by atoms with Crippen molar-refractivity contribution in [3.63, 3.8) is 0 Å². The molecule has 0 radical (unpaired) electrons. The Kier molecular flexibility index (Phi) is 4.67. The van der Waals surface area contributed by atoms with E-state index in [-0.39, 0.29) is 12.4 Å². The summed E-state index contributed by atoms with van der Waals surface area (Å²) < 4.78 is 7.45. The summed E-state index contributed by atoms with van der Waals surface area (Å²) >= 11 is 0. The summed E-state index contributed by atoms with van der Waals surface area (Å²) in [7, 11) is 0. The third kappa shape index (κ3) is 2.96. The number of benzene rings is 1. The van der Waals surface area contributed by atoms with Gasteiger partial charge in [-0.3, -0.25) is 0 Å². The molecule has 25 heavy (non-hydrogen) atoms. The molecular weight excluding hydrogens is 338 g/mol. The van der Waals surface area contributed by atoms with Crippen LogP contribution in [-0.2, 0) is 5.54 Å². The van der Waals surface area contributed by atoms with E-state index in [0.29, 0.717) is 11.7 Å². The average Bonchev–Trinajstić information content (AvgIpc) is 3.29. The lowest BCUT2D eigenvalue weighted by molar-refractivity contribution is 0.372. The molecule has 0 spiro atoms. The van der Waals surface area contributed by atoms with E-state index in [1.54, 1.807) is 0 Å². The van der Waals surface area contributed by atoms with Gasteiger partial charge in [0, 0.05) is 0 Å². The average molecular weight is 360 g/mol. The third-order valence-corrected chi connectivity index (χ3v) is 4.87. The van der Waals surface area contributed by atoms with Crippen LogP contribution in [0.15, 0.2) is 34.9 Å². The van der Waals surface area contributed by atoms with Gasteiger partial charge in [0.25, 0.3) is 5.89 Å². The van der Waals surface area contributed by atoms with E-state index in [0.717, 1.165) is 48.3 Å². The van der Waals surface area contributed by atoms with Crippen LogP contribution in [0.4, 0.5) is 0 Å². The van der Waals surface area contributed by atoms with Crippen LogP contribution in [-0.4, -0.2) is 19.9 Å². The molecule has 0 bridgehead atoms. The Bertz CT molecular complexity index is 865. The van der Waals surface area contributed by atoms with Crippen LogP contribution in [0.3, 0.4) is 0 Å². The van der Waals surface area contributed by atoms with Gasteiger partial charge in [-0.25, -0.2) is 4.68 Å². The van der Waals surface area contributed by atoms with Crippen molar-refractivity contribution in [3.8, 4) is 17.1 Å². The van der Waals surface area contributed by atoms with Crippen LogP contribution in [0.1, 0.15) is 42.9 Å². The Labute approximate surface area is 152 Å². The predicted molar refractivity (Wildman–Crippen MR) is 97.9 cm³/mol. The standard InChI is InChI=1S/C18H21N5O.ClH/c1-12-15(13(2)23(21-12)14-8-4-3-5-9-14)16-20-17(22-24-16)18(19)10-6-7-11-18;/h3-5,8-9H,6-7,10-11,19H2,1-2H3;1H. The molecule has 0 unspecified atom stereocenters. The van der Waals surface area contributed by atoms with Crippen molar-refractivity contribution in [1.82, 2.24) is 19.9 Å². The van der Waals surface area contributed by atoms with Crippen molar-refractivity contribution in [3.05, 3.63) is 47.5 Å². The smallest absolute Gasteiger partial charge is 0.261 e. The minimum Gasteiger partial charge on any atom is -0.334 e. The first-order valence-electron chi connectivity index (χ1n) is 8.33. The summed E-state index contributed by atoms with van der Waals surface area (Å²) in [6.07, 6.45) is 4.05. The fourth-order valence-electron chi connectivity index (χ4n) is 3.53. The number of para-hydroxylation sites is 1. The van der Waals surface area contributed by atoms with Crippen molar-refractivity contribution in [2.75, 3.05) is 0 Å². The molecule has 3 aromatic rings. The van der Waals surface area contributed by atoms with Gasteiger partial charge in [-0.05, 0) is 38.8 Å². The van der Waals surface area contributed by atoms with Crippen LogP contribution in [0.25, 0.3) is 17.1 Å². The highest BCUT2D eigenvalue weighted by Crippen LogP contribution is 2.36. The lowest BCUT2D eigenvalue weighted by Gasteiger charge is -2.17. The van der Waals surface area contributed by atoms with Gasteiger partial charge < -0.3 is 10.3 Å². The molecule has 7 heteroatoms. The normalized spacial score (nSPS) is 16.0. The molecule has 4 rings (SSSR count). The van der Waals surface area contributed by atoms with Gasteiger partial charge in [0.1, 0.15) is 0 Å². The van der Waals surface area contributed by atoms with Gasteiger partial charge in [0.05, 0.1) is 28.2 Å². The van der Waals surface area contributed by atoms with Crippen LogP contribution < -0.4 is 5.73 Å². The maximum Gasteiger partial charge on any atom is 0.261 e. The van der Waals surface area contributed by atoms with E-state index < -0.39 is 5.54 Å². The van der Waals surface area contributed by atoms with Gasteiger partial charge in [-0.15, -0.1) is 12.4 Å². The summed E-state index contributed by atoms with van der Waals surface area (Å²) in [6.45, 7) is 3.97. The van der Waals surface area contributed by atoms with Gasteiger partial charge in [0.2, 0.25) is 0 Å². The Morgan fingerprint density at radius 2 is 1.80 bits per heavy atom. The van der Waals surface area contributed by atoms with E-state index in [4.69, 9.17) is 10.3 Å². The second-order valence-electron chi connectivity index (χ2n) is 6.58. The molecular formula is C18H22ClN5O. The van der Waals surface area contributed by atoms with Gasteiger partial charge in [-0.2, -0.15) is 10.1 Å². The lowest BCUT2D eigenvalue weighted by atomic mass is 9.98. The first-order chi connectivity index (χ1) is 11.6. The van der Waals surface area contributed by atoms with Crippen LogP contribution in [0, 0.1) is 13.8 Å². The van der Waals surface area contributed by atoms with E-state index in [2.05, 4.69) is 15.2 Å². The number of halogens is 1. The fourth-order valence-corrected chi connectivity index (χ4v) is 3.53. The zero-order chi connectivity index (χ0) is 16.7. The molecule has 0 atom stereocenters. The molecule has 0 aliphatic heterocycles. The molecule has 0 amide bonds. The van der Waals surface area contributed by atoms with Gasteiger partial charge >= 0.3 is 0 Å². The predicted octanol–water partition coefficient (Wildman–Crippen LogP) is 3.69. The summed E-state index contributed by atoms with van der Waals surface area (Å²) in [5.41, 5.74) is 9.73. The van der Waals surface area contributed by atoms with E-state index in [9.17, 15) is 0 Å². The van der Waals surface area contributed by atoms with E-state index in [1.165, 1.54) is 0 Å². The topological polar surface area (TPSA) is 82.8 Å². The summed E-state index contributed by atoms with van der Waals surface area (Å²) in [4.78, 5) is 4.61. The van der Waals surface area contributed by atoms with Gasteiger partial charge in [0.15, 0.2) is 5.82 Å². The molecule has 6 nitrogen and oxygen atoms in total. The van der Waals surface area contributed by atoms with Crippen molar-refractivity contribution in [1.29, 1.82) is 0 Å². The molecule has 1 fully saturated rings. The summed E-state index contributed by atoms with van der Waals surface area (Å²) in [5, 5.41) is 8.80. The number of hydrogen-bond donors (Lipinski definition) is 1. The highest BCUT2D eigenvalue weighted by atomic mass is 35.5. The number of nitrogens with zero attached hydrogens (tertiary/aromatic N) is 4. The number of aryl methyl sites for hydroxylation is 1. The summed E-state index contributed by atoms with van der Waals surface area (Å²) in [6, 6.07) is 10.0. The molecule has 2 N–H and O–H groups in total. The van der Waals surface area contributed by atoms with Crippen molar-refractivity contribution >= 4 is 12.4 Å². The molecule has 1 aliphatic rings. The van der Waals surface area contributed by atoms with Crippen LogP contribution in [0.2, 0.25) is 0 Å². The maximum atomic E-state index is 6.44. The van der Waals surface area contributed by atoms with Crippen LogP contribution in [0.5, 0.6) is 0 Å². The maximum absolute atomic E-state index is 6.44. The molecule has 0 saturated heterocycles. The number of rotatable bonds is 3. The first-order valence-corrected chi connectivity index (χ1v) is 8.33. The SMILES string of the molecule is Cc1nn(-c2ccccc2)c(C)c1-c1nc(C2(N)CCCC2)no1.Cl. The number of nitrogens with two attached hydrogens (primary N) is 1. The minimum absolute atomic E-state index is 0. The largest absolute Gasteiger partial charge is 0.334 e. The Balaban J connectivity index is 0.00000182. The second kappa shape index (κ2) is 6.61. The second-order valence-corrected chi connectivity index (χ2v) is 6.58.